The van der Waals surface area contributed by atoms with E-state index in [-0.39, 0.29) is 6.23 Å². The molecule has 0 saturated carbocycles. The number of nitrogens with two attached hydrogens (primary N) is 1. The Morgan fingerprint density at radius 2 is 2.27 bits per heavy atom. The Balaban J connectivity index is 2.68. The molecule has 0 aromatic carbocycles. The average Bonchev–Trinajstić information content (AvgIpc) is 2.30. The molecule has 0 bridgehead atoms. The molecule has 1 aliphatic rings. The van der Waals surface area contributed by atoms with Gasteiger partial charge in [0.25, 0.3) is 0 Å². The summed E-state index contributed by atoms with van der Waals surface area (Å²) < 4.78 is 5.53. The number of nitrogens with one attached hydrogen (secondary N) is 1. The first kappa shape index (κ1) is 8.40. The first-order valence-electron chi connectivity index (χ1n) is 4.03. The SMILES string of the molecule is CCC1=C(N)C(C)C(NC)O1. The minimum Gasteiger partial charge on any atom is -0.477 e. The second-order valence-electron chi connectivity index (χ2n) is 2.85. The summed E-state index contributed by atoms with van der Waals surface area (Å²) in [4.78, 5) is 0. The van der Waals surface area contributed by atoms with E-state index < -0.39 is 0 Å². The molecule has 3 N–H and O–H groups in total. The highest BCUT2D eigenvalue weighted by atomic mass is 16.5. The van der Waals surface area contributed by atoms with Crippen molar-refractivity contribution in [3.8, 4) is 0 Å². The first-order chi connectivity index (χ1) is 5.20. The van der Waals surface area contributed by atoms with Crippen LogP contribution in [0.3, 0.4) is 0 Å². The lowest BCUT2D eigenvalue weighted by molar-refractivity contribution is 0.0898. The van der Waals surface area contributed by atoms with Crippen molar-refractivity contribution in [1.29, 1.82) is 0 Å². The molecule has 3 nitrogen and oxygen atoms in total. The van der Waals surface area contributed by atoms with E-state index in [1.165, 1.54) is 0 Å². The number of hydrogen-bond donors (Lipinski definition) is 2. The van der Waals surface area contributed by atoms with Crippen molar-refractivity contribution in [3.05, 3.63) is 11.5 Å². The topological polar surface area (TPSA) is 47.3 Å². The minimum absolute atomic E-state index is 0.0740. The Kier molecular flexibility index (Phi) is 2.39. The van der Waals surface area contributed by atoms with Gasteiger partial charge in [-0.05, 0) is 7.05 Å². The van der Waals surface area contributed by atoms with E-state index in [0.29, 0.717) is 5.92 Å². The standard InChI is InChI=1S/C8H16N2O/c1-4-6-7(9)5(2)8(10-3)11-6/h5,8,10H,4,9H2,1-3H3. The summed E-state index contributed by atoms with van der Waals surface area (Å²) in [6, 6.07) is 0. The van der Waals surface area contributed by atoms with Crippen LogP contribution in [0.25, 0.3) is 0 Å². The highest BCUT2D eigenvalue weighted by Crippen LogP contribution is 2.27. The van der Waals surface area contributed by atoms with E-state index in [0.717, 1.165) is 17.9 Å². The molecule has 1 rings (SSSR count). The Bertz CT molecular complexity index is 177. The fourth-order valence-electron chi connectivity index (χ4n) is 1.34. The molecule has 3 heteroatoms. The van der Waals surface area contributed by atoms with Gasteiger partial charge in [-0.15, -0.1) is 0 Å². The second kappa shape index (κ2) is 3.13. The third-order valence-electron chi connectivity index (χ3n) is 2.14. The summed E-state index contributed by atoms with van der Waals surface area (Å²) in [6.45, 7) is 4.12. The lowest BCUT2D eigenvalue weighted by atomic mass is 10.1. The highest BCUT2D eigenvalue weighted by molar-refractivity contribution is 5.14. The lowest BCUT2D eigenvalue weighted by Crippen LogP contribution is -2.31. The number of hydrogen-bond acceptors (Lipinski definition) is 3. The molecule has 0 aliphatic carbocycles. The summed E-state index contributed by atoms with van der Waals surface area (Å²) in [5, 5.41) is 3.06. The van der Waals surface area contributed by atoms with Gasteiger partial charge < -0.3 is 10.5 Å². The van der Waals surface area contributed by atoms with E-state index in [1.807, 2.05) is 14.0 Å². The van der Waals surface area contributed by atoms with Crippen molar-refractivity contribution in [3.63, 3.8) is 0 Å². The van der Waals surface area contributed by atoms with Crippen molar-refractivity contribution in [2.75, 3.05) is 7.05 Å². The summed E-state index contributed by atoms with van der Waals surface area (Å²) in [5.74, 6) is 1.24. The zero-order valence-corrected chi connectivity index (χ0v) is 7.35. The fourth-order valence-corrected chi connectivity index (χ4v) is 1.34. The fraction of sp³-hybridized carbons (Fsp3) is 0.750. The largest absolute Gasteiger partial charge is 0.477 e. The molecule has 2 unspecified atom stereocenters. The van der Waals surface area contributed by atoms with Gasteiger partial charge in [-0.1, -0.05) is 13.8 Å². The van der Waals surface area contributed by atoms with Gasteiger partial charge in [0.2, 0.25) is 0 Å². The molecule has 0 amide bonds. The quantitative estimate of drug-likeness (QED) is 0.621. The minimum atomic E-state index is 0.0740. The van der Waals surface area contributed by atoms with Crippen LogP contribution in [-0.4, -0.2) is 13.3 Å². The molecule has 11 heavy (non-hydrogen) atoms. The van der Waals surface area contributed by atoms with Crippen LogP contribution in [0.5, 0.6) is 0 Å². The Labute approximate surface area is 67.6 Å². The molecule has 1 aliphatic heterocycles. The monoisotopic (exact) mass is 156 g/mol. The molecule has 64 valence electrons. The van der Waals surface area contributed by atoms with Gasteiger partial charge in [0.1, 0.15) is 5.76 Å². The van der Waals surface area contributed by atoms with Crippen molar-refractivity contribution >= 4 is 0 Å². The average molecular weight is 156 g/mol. The summed E-state index contributed by atoms with van der Waals surface area (Å²) in [7, 11) is 1.88. The Hall–Kier alpha value is -0.700. The van der Waals surface area contributed by atoms with Crippen LogP contribution in [0, 0.1) is 5.92 Å². The Morgan fingerprint density at radius 3 is 2.55 bits per heavy atom. The maximum absolute atomic E-state index is 5.81. The number of rotatable bonds is 2. The third kappa shape index (κ3) is 1.33. The predicted octanol–water partition coefficient (Wildman–Crippen LogP) is 0.779. The molecule has 0 aromatic heterocycles. The van der Waals surface area contributed by atoms with Gasteiger partial charge in [0.15, 0.2) is 6.23 Å². The normalized spacial score (nSPS) is 30.8. The number of allylic oxidation sites excluding steroid dienone is 1. The van der Waals surface area contributed by atoms with Crippen LogP contribution in [0.4, 0.5) is 0 Å². The molecule has 0 saturated heterocycles. The molecular weight excluding hydrogens is 140 g/mol. The van der Waals surface area contributed by atoms with Gasteiger partial charge in [-0.2, -0.15) is 0 Å². The Morgan fingerprint density at radius 1 is 1.64 bits per heavy atom. The molecular formula is C8H16N2O. The molecule has 0 aromatic rings. The van der Waals surface area contributed by atoms with Crippen LogP contribution in [-0.2, 0) is 4.74 Å². The van der Waals surface area contributed by atoms with Crippen molar-refractivity contribution in [2.24, 2.45) is 11.7 Å². The van der Waals surface area contributed by atoms with Gasteiger partial charge in [-0.25, -0.2) is 0 Å². The molecule has 2 atom stereocenters. The maximum Gasteiger partial charge on any atom is 0.157 e. The maximum atomic E-state index is 5.81. The summed E-state index contributed by atoms with van der Waals surface area (Å²) in [5.41, 5.74) is 6.71. The van der Waals surface area contributed by atoms with Crippen molar-refractivity contribution in [2.45, 2.75) is 26.5 Å². The zero-order chi connectivity index (χ0) is 8.43. The molecule has 0 fully saturated rings. The smallest absolute Gasteiger partial charge is 0.157 e. The molecule has 1 heterocycles. The predicted molar refractivity (Wildman–Crippen MR) is 44.6 cm³/mol. The van der Waals surface area contributed by atoms with Crippen LogP contribution < -0.4 is 11.1 Å². The first-order valence-corrected chi connectivity index (χ1v) is 4.03. The summed E-state index contributed by atoms with van der Waals surface area (Å²) in [6.07, 6.45) is 0.957. The number of ether oxygens (including phenoxy) is 1. The second-order valence-corrected chi connectivity index (χ2v) is 2.85. The zero-order valence-electron chi connectivity index (χ0n) is 7.35. The van der Waals surface area contributed by atoms with Gasteiger partial charge in [-0.3, -0.25) is 5.32 Å². The highest BCUT2D eigenvalue weighted by Gasteiger charge is 2.29. The van der Waals surface area contributed by atoms with Crippen LogP contribution in [0.2, 0.25) is 0 Å². The van der Waals surface area contributed by atoms with E-state index in [9.17, 15) is 0 Å². The van der Waals surface area contributed by atoms with E-state index in [2.05, 4.69) is 12.2 Å². The molecule has 0 radical (unpaired) electrons. The van der Waals surface area contributed by atoms with Gasteiger partial charge >= 0.3 is 0 Å². The molecule has 0 spiro atoms. The van der Waals surface area contributed by atoms with Crippen LogP contribution >= 0.6 is 0 Å². The van der Waals surface area contributed by atoms with E-state index in [4.69, 9.17) is 10.5 Å². The van der Waals surface area contributed by atoms with Crippen molar-refractivity contribution < 1.29 is 4.74 Å². The van der Waals surface area contributed by atoms with E-state index >= 15 is 0 Å². The van der Waals surface area contributed by atoms with Gasteiger partial charge in [0.05, 0.1) is 5.70 Å². The van der Waals surface area contributed by atoms with Crippen LogP contribution in [0.1, 0.15) is 20.3 Å². The van der Waals surface area contributed by atoms with E-state index in [1.54, 1.807) is 0 Å². The lowest BCUT2D eigenvalue weighted by Gasteiger charge is -2.14. The third-order valence-corrected chi connectivity index (χ3v) is 2.14. The van der Waals surface area contributed by atoms with Gasteiger partial charge in [0, 0.05) is 12.3 Å². The summed E-state index contributed by atoms with van der Waals surface area (Å²) >= 11 is 0. The van der Waals surface area contributed by atoms with Crippen molar-refractivity contribution in [1.82, 2.24) is 5.32 Å². The van der Waals surface area contributed by atoms with Crippen LogP contribution in [0.15, 0.2) is 11.5 Å².